The molecule has 0 spiro atoms. The van der Waals surface area contributed by atoms with E-state index in [2.05, 4.69) is 53.4 Å². The van der Waals surface area contributed by atoms with Crippen molar-refractivity contribution in [3.63, 3.8) is 0 Å². The molecule has 6 nitrogen and oxygen atoms in total. The largest absolute Gasteiger partial charge is 0.497 e. The van der Waals surface area contributed by atoms with Gasteiger partial charge in [0.25, 0.3) is 0 Å². The van der Waals surface area contributed by atoms with Crippen molar-refractivity contribution in [3.05, 3.63) is 59.2 Å². The van der Waals surface area contributed by atoms with Crippen molar-refractivity contribution in [1.29, 1.82) is 0 Å². The maximum absolute atomic E-state index is 10.5. The van der Waals surface area contributed by atoms with Crippen LogP contribution in [0.4, 0.5) is 0 Å². The van der Waals surface area contributed by atoms with Crippen molar-refractivity contribution >= 4 is 0 Å². The quantitative estimate of drug-likeness (QED) is 0.623. The van der Waals surface area contributed by atoms with E-state index < -0.39 is 6.10 Å². The van der Waals surface area contributed by atoms with Gasteiger partial charge in [0, 0.05) is 57.4 Å². The molecule has 6 heteroatoms. The van der Waals surface area contributed by atoms with Crippen molar-refractivity contribution < 1.29 is 14.6 Å². The van der Waals surface area contributed by atoms with Gasteiger partial charge in [0.15, 0.2) is 0 Å². The molecule has 0 unspecified atom stereocenters. The molecule has 0 saturated carbocycles. The fourth-order valence-electron chi connectivity index (χ4n) is 3.65. The van der Waals surface area contributed by atoms with Crippen LogP contribution in [0.25, 0.3) is 0 Å². The highest BCUT2D eigenvalue weighted by Crippen LogP contribution is 2.25. The lowest BCUT2D eigenvalue weighted by Gasteiger charge is -2.33. The van der Waals surface area contributed by atoms with Gasteiger partial charge in [-0.05, 0) is 31.2 Å². The summed E-state index contributed by atoms with van der Waals surface area (Å²) in [6.45, 7) is 8.57. The average molecular weight is 414 g/mol. The number of methoxy groups -OCH3 is 1. The number of rotatable bonds is 10. The van der Waals surface area contributed by atoms with Gasteiger partial charge in [0.2, 0.25) is 0 Å². The number of aryl methyl sites for hydroxylation is 1. The molecule has 164 valence electrons. The van der Waals surface area contributed by atoms with Gasteiger partial charge in [-0.1, -0.05) is 30.3 Å². The Balaban J connectivity index is 1.54. The molecular weight excluding hydrogens is 378 g/mol. The fourth-order valence-corrected chi connectivity index (χ4v) is 3.65. The van der Waals surface area contributed by atoms with Crippen LogP contribution in [0, 0.1) is 6.92 Å². The fraction of sp³-hybridized carbons (Fsp3) is 0.500. The number of ether oxygens (including phenoxy) is 2. The van der Waals surface area contributed by atoms with Crippen LogP contribution < -0.4 is 14.8 Å². The maximum Gasteiger partial charge on any atom is 0.127 e. The number of β-amino-alcohol motifs (C(OH)–C–C–N with tert-alkyl or cyclic N) is 1. The summed E-state index contributed by atoms with van der Waals surface area (Å²) in [6, 6.07) is 14.2. The molecule has 0 amide bonds. The normalized spacial score (nSPS) is 16.4. The van der Waals surface area contributed by atoms with E-state index in [1.807, 2.05) is 18.2 Å². The molecule has 2 aromatic carbocycles. The van der Waals surface area contributed by atoms with Crippen LogP contribution in [-0.4, -0.2) is 74.5 Å². The van der Waals surface area contributed by atoms with Gasteiger partial charge in [0.05, 0.1) is 7.11 Å². The van der Waals surface area contributed by atoms with Crippen LogP contribution >= 0.6 is 0 Å². The number of piperazine rings is 1. The summed E-state index contributed by atoms with van der Waals surface area (Å²) in [5.41, 5.74) is 3.62. The molecule has 2 N–H and O–H groups in total. The van der Waals surface area contributed by atoms with E-state index in [1.54, 1.807) is 7.11 Å². The van der Waals surface area contributed by atoms with E-state index in [1.165, 1.54) is 11.1 Å². The third-order valence-corrected chi connectivity index (χ3v) is 5.66. The Labute approximate surface area is 180 Å². The highest BCUT2D eigenvalue weighted by atomic mass is 16.5. The number of aliphatic hydroxyl groups is 1. The summed E-state index contributed by atoms with van der Waals surface area (Å²) in [5, 5.41) is 14.0. The molecule has 3 rings (SSSR count). The second-order valence-electron chi connectivity index (χ2n) is 8.07. The molecule has 0 radical (unpaired) electrons. The van der Waals surface area contributed by atoms with E-state index in [-0.39, 0.29) is 6.61 Å². The topological polar surface area (TPSA) is 57.2 Å². The Morgan fingerprint density at radius 2 is 1.77 bits per heavy atom. The molecule has 1 aliphatic rings. The second-order valence-corrected chi connectivity index (χ2v) is 8.07. The summed E-state index contributed by atoms with van der Waals surface area (Å²) in [5.74, 6) is 1.50. The van der Waals surface area contributed by atoms with E-state index >= 15 is 0 Å². The summed E-state index contributed by atoms with van der Waals surface area (Å²) in [4.78, 5) is 4.61. The molecule has 1 aliphatic heterocycles. The summed E-state index contributed by atoms with van der Waals surface area (Å²) in [7, 11) is 3.78. The van der Waals surface area contributed by atoms with E-state index in [9.17, 15) is 5.11 Å². The average Bonchev–Trinajstić information content (AvgIpc) is 2.76. The zero-order chi connectivity index (χ0) is 21.3. The zero-order valence-electron chi connectivity index (χ0n) is 18.4. The first-order valence-corrected chi connectivity index (χ1v) is 10.7. The van der Waals surface area contributed by atoms with Crippen molar-refractivity contribution in [2.45, 2.75) is 26.1 Å². The molecule has 1 atom stereocenters. The Bertz CT molecular complexity index is 791. The minimum Gasteiger partial charge on any atom is -0.497 e. The number of benzene rings is 2. The molecule has 0 aliphatic carbocycles. The van der Waals surface area contributed by atoms with Gasteiger partial charge in [-0.2, -0.15) is 0 Å². The molecular formula is C24H35N3O3. The van der Waals surface area contributed by atoms with Crippen LogP contribution in [0.1, 0.15) is 16.7 Å². The first-order valence-electron chi connectivity index (χ1n) is 10.7. The van der Waals surface area contributed by atoms with Crippen LogP contribution in [0.15, 0.2) is 42.5 Å². The smallest absolute Gasteiger partial charge is 0.127 e. The monoisotopic (exact) mass is 413 g/mol. The maximum atomic E-state index is 10.5. The standard InChI is InChI=1S/C24H35N3O3/c1-19-6-4-5-7-20(19)15-25-16-21-8-9-23(29-3)14-24(21)30-18-22(28)17-27-12-10-26(2)11-13-27/h4-9,14,22,25,28H,10-13,15-18H2,1-3H3/t22-/m1/s1. The lowest BCUT2D eigenvalue weighted by Crippen LogP contribution is -2.47. The number of hydrogen-bond donors (Lipinski definition) is 2. The Kier molecular flexibility index (Phi) is 8.51. The number of likely N-dealkylation sites (N-methyl/N-ethyl adjacent to an activating group) is 1. The molecule has 30 heavy (non-hydrogen) atoms. The molecule has 1 heterocycles. The van der Waals surface area contributed by atoms with Crippen LogP contribution in [-0.2, 0) is 13.1 Å². The summed E-state index contributed by atoms with van der Waals surface area (Å²) < 4.78 is 11.4. The van der Waals surface area contributed by atoms with Gasteiger partial charge >= 0.3 is 0 Å². The minimum absolute atomic E-state index is 0.268. The molecule has 1 fully saturated rings. The van der Waals surface area contributed by atoms with Crippen LogP contribution in [0.3, 0.4) is 0 Å². The second kappa shape index (κ2) is 11.3. The van der Waals surface area contributed by atoms with E-state index in [4.69, 9.17) is 9.47 Å². The number of aliphatic hydroxyl groups excluding tert-OH is 1. The third kappa shape index (κ3) is 6.71. The number of nitrogens with zero attached hydrogens (tertiary/aromatic N) is 2. The summed E-state index contributed by atoms with van der Waals surface area (Å²) >= 11 is 0. The van der Waals surface area contributed by atoms with Crippen LogP contribution in [0.5, 0.6) is 11.5 Å². The van der Waals surface area contributed by atoms with Gasteiger partial charge in [0.1, 0.15) is 24.2 Å². The van der Waals surface area contributed by atoms with Crippen molar-refractivity contribution in [3.8, 4) is 11.5 Å². The lowest BCUT2D eigenvalue weighted by atomic mass is 10.1. The first-order chi connectivity index (χ1) is 14.5. The Morgan fingerprint density at radius 1 is 1.03 bits per heavy atom. The first kappa shape index (κ1) is 22.6. The van der Waals surface area contributed by atoms with Gasteiger partial charge in [-0.3, -0.25) is 4.90 Å². The summed E-state index contributed by atoms with van der Waals surface area (Å²) in [6.07, 6.45) is -0.521. The predicted octanol–water partition coefficient (Wildman–Crippen LogP) is 2.28. The highest BCUT2D eigenvalue weighted by Gasteiger charge is 2.18. The Hall–Kier alpha value is -2.12. The van der Waals surface area contributed by atoms with Gasteiger partial charge in [-0.25, -0.2) is 0 Å². The number of hydrogen-bond acceptors (Lipinski definition) is 6. The molecule has 2 aromatic rings. The molecule has 1 saturated heterocycles. The molecule has 0 bridgehead atoms. The van der Waals surface area contributed by atoms with Gasteiger partial charge < -0.3 is 24.8 Å². The van der Waals surface area contributed by atoms with Crippen molar-refractivity contribution in [2.24, 2.45) is 0 Å². The predicted molar refractivity (Wildman–Crippen MR) is 120 cm³/mol. The minimum atomic E-state index is -0.521. The Morgan fingerprint density at radius 3 is 2.50 bits per heavy atom. The number of nitrogens with one attached hydrogen (secondary N) is 1. The van der Waals surface area contributed by atoms with Gasteiger partial charge in [-0.15, -0.1) is 0 Å². The van der Waals surface area contributed by atoms with E-state index in [0.29, 0.717) is 13.1 Å². The lowest BCUT2D eigenvalue weighted by molar-refractivity contribution is 0.0501. The third-order valence-electron chi connectivity index (χ3n) is 5.66. The van der Waals surface area contributed by atoms with Crippen molar-refractivity contribution in [2.75, 3.05) is 53.5 Å². The zero-order valence-corrected chi connectivity index (χ0v) is 18.4. The highest BCUT2D eigenvalue weighted by molar-refractivity contribution is 5.41. The SMILES string of the molecule is COc1ccc(CNCc2ccccc2C)c(OC[C@H](O)CN2CCN(C)CC2)c1. The van der Waals surface area contributed by atoms with Crippen molar-refractivity contribution in [1.82, 2.24) is 15.1 Å². The van der Waals surface area contributed by atoms with Crippen LogP contribution in [0.2, 0.25) is 0 Å². The van der Waals surface area contributed by atoms with E-state index in [0.717, 1.165) is 49.8 Å². The molecule has 0 aromatic heterocycles.